The number of amides is 1. The number of carbonyl (C=O) groups is 1. The summed E-state index contributed by atoms with van der Waals surface area (Å²) in [5.41, 5.74) is 3.20. The molecule has 4 heterocycles. The molecule has 0 spiro atoms. The largest absolute Gasteiger partial charge is 0.493 e. The number of benzene rings is 1. The van der Waals surface area contributed by atoms with Crippen molar-refractivity contribution in [2.24, 2.45) is 14.1 Å². The van der Waals surface area contributed by atoms with E-state index in [2.05, 4.69) is 10.2 Å². The Balaban J connectivity index is 1.47. The fourth-order valence-corrected chi connectivity index (χ4v) is 4.81. The fraction of sp³-hybridized carbons (Fsp3) is 0.435. The van der Waals surface area contributed by atoms with Gasteiger partial charge in [-0.2, -0.15) is 23.4 Å². The Bertz CT molecular complexity index is 1240. The topological polar surface area (TPSA) is 65.2 Å². The van der Waals surface area contributed by atoms with Crippen LogP contribution in [-0.2, 0) is 33.1 Å². The van der Waals surface area contributed by atoms with E-state index in [1.54, 1.807) is 22.7 Å². The van der Waals surface area contributed by atoms with Crippen LogP contribution in [0, 0.1) is 0 Å². The molecule has 0 N–H and O–H groups in total. The average Bonchev–Trinajstić information content (AvgIpc) is 3.32. The first-order valence-electron chi connectivity index (χ1n) is 10.9. The molecular weight excluding hydrogens is 435 g/mol. The molecular formula is C23H24F3N5O2. The van der Waals surface area contributed by atoms with Crippen molar-refractivity contribution in [3.05, 3.63) is 52.3 Å². The van der Waals surface area contributed by atoms with Gasteiger partial charge in [0.25, 0.3) is 5.91 Å². The van der Waals surface area contributed by atoms with Gasteiger partial charge in [0.05, 0.1) is 29.7 Å². The number of hydrogen-bond donors (Lipinski definition) is 0. The molecule has 2 aromatic heterocycles. The zero-order valence-electron chi connectivity index (χ0n) is 18.6. The van der Waals surface area contributed by atoms with Crippen LogP contribution in [0.25, 0.3) is 11.4 Å². The summed E-state index contributed by atoms with van der Waals surface area (Å²) in [6, 6.07) is 6.30. The number of hydrogen-bond acceptors (Lipinski definition) is 4. The third-order valence-electron chi connectivity index (χ3n) is 6.48. The number of fused-ring (bicyclic) bond motifs is 2. The van der Waals surface area contributed by atoms with Crippen molar-refractivity contribution in [1.29, 1.82) is 0 Å². The summed E-state index contributed by atoms with van der Waals surface area (Å²) in [7, 11) is 3.19. The van der Waals surface area contributed by atoms with Crippen LogP contribution in [-0.4, -0.2) is 43.5 Å². The molecule has 2 aliphatic heterocycles. The zero-order valence-corrected chi connectivity index (χ0v) is 18.6. The van der Waals surface area contributed by atoms with E-state index in [4.69, 9.17) is 4.74 Å². The first-order valence-corrected chi connectivity index (χ1v) is 10.9. The molecule has 1 atom stereocenters. The smallest absolute Gasteiger partial charge is 0.435 e. The molecule has 0 aliphatic carbocycles. The number of ether oxygens (including phenoxy) is 1. The predicted molar refractivity (Wildman–Crippen MR) is 114 cm³/mol. The van der Waals surface area contributed by atoms with E-state index in [9.17, 15) is 18.0 Å². The van der Waals surface area contributed by atoms with Crippen molar-refractivity contribution in [1.82, 2.24) is 24.5 Å². The van der Waals surface area contributed by atoms with Gasteiger partial charge in [-0.05, 0) is 49.9 Å². The van der Waals surface area contributed by atoms with Crippen LogP contribution in [0.1, 0.15) is 52.3 Å². The Kier molecular flexibility index (Phi) is 4.98. The lowest BCUT2D eigenvalue weighted by atomic mass is 9.96. The van der Waals surface area contributed by atoms with Gasteiger partial charge >= 0.3 is 6.18 Å². The number of nitrogens with zero attached hydrogens (tertiary/aromatic N) is 5. The Labute approximate surface area is 188 Å². The van der Waals surface area contributed by atoms with E-state index in [0.717, 1.165) is 35.8 Å². The first-order chi connectivity index (χ1) is 15.6. The number of aryl methyl sites for hydroxylation is 3. The monoisotopic (exact) mass is 459 g/mol. The van der Waals surface area contributed by atoms with Gasteiger partial charge in [-0.3, -0.25) is 14.2 Å². The third kappa shape index (κ3) is 3.57. The minimum absolute atomic E-state index is 0.114. The molecule has 7 nitrogen and oxygen atoms in total. The Hall–Kier alpha value is -3.30. The minimum Gasteiger partial charge on any atom is -0.493 e. The van der Waals surface area contributed by atoms with Gasteiger partial charge in [-0.1, -0.05) is 6.07 Å². The molecule has 174 valence electrons. The van der Waals surface area contributed by atoms with Crippen LogP contribution in [0.3, 0.4) is 0 Å². The molecule has 5 rings (SSSR count). The third-order valence-corrected chi connectivity index (χ3v) is 6.48. The van der Waals surface area contributed by atoms with Gasteiger partial charge in [0.2, 0.25) is 0 Å². The molecule has 1 aromatic carbocycles. The number of carbonyl (C=O) groups excluding carboxylic acids is 1. The molecule has 1 unspecified atom stereocenters. The standard InChI is InChI=1S/C23H24F3N5O2/c1-13-20-16(21(30(3)28-20)17-12-19(23(24,25)26)27-29(17)2)8-9-31(13)22(32)15-7-6-14-5-4-10-33-18(14)11-15/h6-7,11-13H,4-5,8-10H2,1-3H3. The molecule has 0 radical (unpaired) electrons. The summed E-state index contributed by atoms with van der Waals surface area (Å²) in [6.07, 6.45) is -2.13. The van der Waals surface area contributed by atoms with E-state index in [0.29, 0.717) is 42.2 Å². The second-order valence-corrected chi connectivity index (χ2v) is 8.57. The highest BCUT2D eigenvalue weighted by atomic mass is 19.4. The molecule has 0 saturated heterocycles. The first kappa shape index (κ1) is 21.5. The Morgan fingerprint density at radius 3 is 2.64 bits per heavy atom. The number of alkyl halides is 3. The number of aromatic nitrogens is 4. The second-order valence-electron chi connectivity index (χ2n) is 8.57. The lowest BCUT2D eigenvalue weighted by Gasteiger charge is -2.33. The highest BCUT2D eigenvalue weighted by molar-refractivity contribution is 5.95. The fourth-order valence-electron chi connectivity index (χ4n) is 4.81. The van der Waals surface area contributed by atoms with E-state index in [-0.39, 0.29) is 11.9 Å². The van der Waals surface area contributed by atoms with Crippen molar-refractivity contribution in [3.8, 4) is 17.1 Å². The lowest BCUT2D eigenvalue weighted by Crippen LogP contribution is -2.39. The summed E-state index contributed by atoms with van der Waals surface area (Å²) in [5.74, 6) is 0.645. The van der Waals surface area contributed by atoms with Crippen LogP contribution in [0.5, 0.6) is 5.75 Å². The zero-order chi connectivity index (χ0) is 23.5. The van der Waals surface area contributed by atoms with Crippen LogP contribution < -0.4 is 4.74 Å². The van der Waals surface area contributed by atoms with Gasteiger partial charge < -0.3 is 9.64 Å². The highest BCUT2D eigenvalue weighted by Crippen LogP contribution is 2.38. The van der Waals surface area contributed by atoms with E-state index in [1.165, 1.54) is 11.7 Å². The molecule has 33 heavy (non-hydrogen) atoms. The van der Waals surface area contributed by atoms with E-state index < -0.39 is 11.9 Å². The van der Waals surface area contributed by atoms with Gasteiger partial charge in [-0.25, -0.2) is 0 Å². The van der Waals surface area contributed by atoms with E-state index >= 15 is 0 Å². The summed E-state index contributed by atoms with van der Waals surface area (Å²) in [4.78, 5) is 15.1. The van der Waals surface area contributed by atoms with Crippen LogP contribution in [0.2, 0.25) is 0 Å². The van der Waals surface area contributed by atoms with Crippen molar-refractivity contribution in [3.63, 3.8) is 0 Å². The molecule has 2 aliphatic rings. The van der Waals surface area contributed by atoms with Gasteiger partial charge in [0.1, 0.15) is 5.75 Å². The Morgan fingerprint density at radius 2 is 1.91 bits per heavy atom. The molecule has 10 heteroatoms. The maximum Gasteiger partial charge on any atom is 0.435 e. The average molecular weight is 459 g/mol. The predicted octanol–water partition coefficient (Wildman–Crippen LogP) is 3.92. The van der Waals surface area contributed by atoms with Gasteiger partial charge in [0.15, 0.2) is 5.69 Å². The lowest BCUT2D eigenvalue weighted by molar-refractivity contribution is -0.141. The maximum atomic E-state index is 13.3. The quantitative estimate of drug-likeness (QED) is 0.583. The second kappa shape index (κ2) is 7.64. The molecule has 0 bridgehead atoms. The molecule has 0 saturated carbocycles. The number of halogens is 3. The van der Waals surface area contributed by atoms with Gasteiger partial charge in [0, 0.05) is 31.8 Å². The van der Waals surface area contributed by atoms with Crippen LogP contribution in [0.4, 0.5) is 13.2 Å². The van der Waals surface area contributed by atoms with Crippen molar-refractivity contribution >= 4 is 5.91 Å². The summed E-state index contributed by atoms with van der Waals surface area (Å²) < 4.78 is 48.1. The highest BCUT2D eigenvalue weighted by Gasteiger charge is 2.37. The van der Waals surface area contributed by atoms with Crippen molar-refractivity contribution < 1.29 is 22.7 Å². The molecule has 0 fully saturated rings. The van der Waals surface area contributed by atoms with Gasteiger partial charge in [-0.15, -0.1) is 0 Å². The number of rotatable bonds is 2. The SMILES string of the molecule is CC1c2nn(C)c(-c3cc(C(F)(F)F)nn3C)c2CCN1C(=O)c1ccc2c(c1)OCCC2. The maximum absolute atomic E-state index is 13.3. The summed E-state index contributed by atoms with van der Waals surface area (Å²) >= 11 is 0. The summed E-state index contributed by atoms with van der Waals surface area (Å²) in [5, 5.41) is 8.23. The van der Waals surface area contributed by atoms with Crippen LogP contribution >= 0.6 is 0 Å². The normalized spacial score (nSPS) is 18.0. The van der Waals surface area contributed by atoms with Crippen molar-refractivity contribution in [2.45, 2.75) is 38.4 Å². The van der Waals surface area contributed by atoms with E-state index in [1.807, 2.05) is 19.1 Å². The van der Waals surface area contributed by atoms with Crippen LogP contribution in [0.15, 0.2) is 24.3 Å². The minimum atomic E-state index is -4.52. The summed E-state index contributed by atoms with van der Waals surface area (Å²) in [6.45, 7) is 2.98. The molecule has 3 aromatic rings. The Morgan fingerprint density at radius 1 is 1.12 bits per heavy atom. The van der Waals surface area contributed by atoms with Crippen molar-refractivity contribution in [2.75, 3.05) is 13.2 Å². The molecule has 1 amide bonds.